The number of hydrogen-bond acceptors (Lipinski definition) is 5. The van der Waals surface area contributed by atoms with Crippen molar-refractivity contribution in [3.8, 4) is 0 Å². The Morgan fingerprint density at radius 1 is 1.05 bits per heavy atom. The number of carbonyl (C=O) groups is 4. The van der Waals surface area contributed by atoms with Gasteiger partial charge in [0, 0.05) is 56.5 Å². The van der Waals surface area contributed by atoms with Crippen LogP contribution in [0.5, 0.6) is 0 Å². The first-order valence-corrected chi connectivity index (χ1v) is 14.2. The van der Waals surface area contributed by atoms with Crippen LogP contribution in [-0.4, -0.2) is 71.7 Å². The van der Waals surface area contributed by atoms with Crippen molar-refractivity contribution in [1.29, 1.82) is 0 Å². The van der Waals surface area contributed by atoms with Crippen molar-refractivity contribution in [2.75, 3.05) is 26.2 Å². The molecule has 10 heteroatoms. The Bertz CT molecular complexity index is 1190. The van der Waals surface area contributed by atoms with E-state index in [2.05, 4.69) is 29.7 Å². The highest BCUT2D eigenvalue weighted by Gasteiger charge is 2.35. The van der Waals surface area contributed by atoms with Crippen LogP contribution in [0.1, 0.15) is 60.9 Å². The lowest BCUT2D eigenvalue weighted by Gasteiger charge is -2.29. The molecule has 0 aliphatic carbocycles. The average molecular weight is 574 g/mol. The molecule has 2 fully saturated rings. The number of nitrogens with one attached hydrogen (secondary N) is 2. The summed E-state index contributed by atoms with van der Waals surface area (Å²) in [5, 5.41) is 7.01. The van der Waals surface area contributed by atoms with Gasteiger partial charge in [-0.1, -0.05) is 60.5 Å². The Balaban J connectivity index is 1.46. The van der Waals surface area contributed by atoms with Crippen molar-refractivity contribution in [2.45, 2.75) is 57.0 Å². The first-order valence-electron chi connectivity index (χ1n) is 13.4. The number of likely N-dealkylation sites (tertiary alicyclic amines) is 1. The predicted molar refractivity (Wildman–Crippen MR) is 151 cm³/mol. The van der Waals surface area contributed by atoms with Gasteiger partial charge in [0.05, 0.1) is 16.1 Å². The zero-order valence-corrected chi connectivity index (χ0v) is 23.5. The fourth-order valence-electron chi connectivity index (χ4n) is 5.18. The molecule has 0 aromatic heterocycles. The number of nitrogens with zero attached hydrogens (tertiary/aromatic N) is 2. The monoisotopic (exact) mass is 572 g/mol. The van der Waals surface area contributed by atoms with Crippen molar-refractivity contribution in [2.24, 2.45) is 0 Å². The molecule has 2 aliphatic heterocycles. The molecule has 4 amide bonds. The summed E-state index contributed by atoms with van der Waals surface area (Å²) in [4.78, 5) is 53.9. The van der Waals surface area contributed by atoms with Crippen LogP contribution in [0.25, 0.3) is 0 Å². The van der Waals surface area contributed by atoms with Crippen LogP contribution in [0.4, 0.5) is 0 Å². The maximum absolute atomic E-state index is 13.7. The van der Waals surface area contributed by atoms with E-state index < -0.39 is 6.04 Å². The fourth-order valence-corrected chi connectivity index (χ4v) is 5.48. The zero-order chi connectivity index (χ0) is 27.9. The Kier molecular flexibility index (Phi) is 9.99. The Labute approximate surface area is 239 Å². The molecule has 0 bridgehead atoms. The summed E-state index contributed by atoms with van der Waals surface area (Å²) in [6, 6.07) is 14.1. The summed E-state index contributed by atoms with van der Waals surface area (Å²) >= 11 is 12.0. The number of imide groups is 1. The number of carbonyl (C=O) groups excluding carboxylic acids is 4. The summed E-state index contributed by atoms with van der Waals surface area (Å²) in [5.41, 5.74) is 1.58. The van der Waals surface area contributed by atoms with Gasteiger partial charge in [0.1, 0.15) is 0 Å². The maximum atomic E-state index is 13.7. The lowest BCUT2D eigenvalue weighted by molar-refractivity contribution is -0.140. The van der Waals surface area contributed by atoms with Gasteiger partial charge < -0.3 is 15.5 Å². The van der Waals surface area contributed by atoms with Gasteiger partial charge in [-0.25, -0.2) is 0 Å². The zero-order valence-electron chi connectivity index (χ0n) is 22.0. The molecule has 2 saturated heterocycles. The van der Waals surface area contributed by atoms with Gasteiger partial charge >= 0.3 is 0 Å². The Morgan fingerprint density at radius 2 is 1.77 bits per heavy atom. The minimum Gasteiger partial charge on any atom is -0.350 e. The normalized spacial score (nSPS) is 20.7. The largest absolute Gasteiger partial charge is 0.350 e. The second-order valence-electron chi connectivity index (χ2n) is 10.1. The van der Waals surface area contributed by atoms with E-state index in [1.807, 2.05) is 23.1 Å². The third-order valence-corrected chi connectivity index (χ3v) is 8.22. The lowest BCUT2D eigenvalue weighted by atomic mass is 9.95. The van der Waals surface area contributed by atoms with E-state index in [1.165, 1.54) is 16.5 Å². The molecule has 0 saturated carbocycles. The maximum Gasteiger partial charge on any atom is 0.251 e. The number of amides is 4. The Hall–Kier alpha value is -2.94. The minimum absolute atomic E-state index is 0.0539. The first kappa shape index (κ1) is 29.1. The van der Waals surface area contributed by atoms with Crippen molar-refractivity contribution in [3.05, 3.63) is 69.7 Å². The number of rotatable bonds is 10. The van der Waals surface area contributed by atoms with Crippen molar-refractivity contribution >= 4 is 46.8 Å². The highest BCUT2D eigenvalue weighted by molar-refractivity contribution is 6.42. The van der Waals surface area contributed by atoms with Crippen LogP contribution in [0.2, 0.25) is 10.0 Å². The summed E-state index contributed by atoms with van der Waals surface area (Å²) < 4.78 is 0. The molecule has 8 nitrogen and oxygen atoms in total. The minimum atomic E-state index is -0.589. The lowest BCUT2D eigenvalue weighted by Crippen LogP contribution is -2.50. The third-order valence-electron chi connectivity index (χ3n) is 7.49. The van der Waals surface area contributed by atoms with Crippen molar-refractivity contribution < 1.29 is 19.2 Å². The highest BCUT2D eigenvalue weighted by atomic mass is 35.5. The van der Waals surface area contributed by atoms with E-state index in [1.54, 1.807) is 12.1 Å². The first-order chi connectivity index (χ1) is 18.8. The van der Waals surface area contributed by atoms with Gasteiger partial charge in [0.2, 0.25) is 17.7 Å². The second kappa shape index (κ2) is 13.4. The van der Waals surface area contributed by atoms with Gasteiger partial charge in [-0.15, -0.1) is 0 Å². The van der Waals surface area contributed by atoms with Crippen LogP contribution in [0.3, 0.4) is 0 Å². The van der Waals surface area contributed by atoms with Crippen molar-refractivity contribution in [3.63, 3.8) is 0 Å². The third kappa shape index (κ3) is 7.38. The van der Waals surface area contributed by atoms with Gasteiger partial charge in [-0.2, -0.15) is 0 Å². The molecule has 2 aromatic rings. The summed E-state index contributed by atoms with van der Waals surface area (Å²) in [6.45, 7) is 3.70. The number of halogens is 2. The number of hydrogen-bond donors (Lipinski definition) is 2. The van der Waals surface area contributed by atoms with E-state index in [4.69, 9.17) is 23.2 Å². The molecule has 2 heterocycles. The molecule has 39 heavy (non-hydrogen) atoms. The summed E-state index contributed by atoms with van der Waals surface area (Å²) in [5.74, 6) is -0.551. The SMILES string of the molecule is CC[C@H](CN1CC[C@@H](CNC(=O)c2ccc(Cl)c(Cl)c2)N[C@@H](CCN2C(=O)CCC2=O)C1=O)c1ccccc1. The summed E-state index contributed by atoms with van der Waals surface area (Å²) in [6.07, 6.45) is 2.26. The van der Waals surface area contributed by atoms with Crippen LogP contribution < -0.4 is 10.6 Å². The molecule has 2 N–H and O–H groups in total. The van der Waals surface area contributed by atoms with E-state index in [9.17, 15) is 19.2 Å². The Morgan fingerprint density at radius 3 is 2.44 bits per heavy atom. The highest BCUT2D eigenvalue weighted by Crippen LogP contribution is 2.24. The quantitative estimate of drug-likeness (QED) is 0.419. The standard InChI is InChI=1S/C29H34Cl2N4O4/c1-2-19(20-6-4-3-5-7-20)18-34-14-12-22(17-32-28(38)21-8-9-23(30)24(31)16-21)33-25(29(34)39)13-15-35-26(36)10-11-27(35)37/h3-9,16,19,22,25,33H,2,10-15,17-18H2,1H3,(H,32,38)/t19-,22+,25+/m1/s1. The average Bonchev–Trinajstić information content (AvgIpc) is 3.18. The van der Waals surface area contributed by atoms with Crippen LogP contribution >= 0.6 is 23.2 Å². The molecular formula is C29H34Cl2N4O4. The second-order valence-corrected chi connectivity index (χ2v) is 10.9. The molecule has 3 atom stereocenters. The van der Waals surface area contributed by atoms with Gasteiger partial charge in [0.25, 0.3) is 5.91 Å². The molecule has 0 spiro atoms. The van der Waals surface area contributed by atoms with E-state index in [-0.39, 0.29) is 55.0 Å². The van der Waals surface area contributed by atoms with E-state index >= 15 is 0 Å². The van der Waals surface area contributed by atoms with E-state index in [0.29, 0.717) is 48.1 Å². The van der Waals surface area contributed by atoms with Crippen LogP contribution in [0.15, 0.2) is 48.5 Å². The fraction of sp³-hybridized carbons (Fsp3) is 0.448. The topological polar surface area (TPSA) is 98.8 Å². The van der Waals surface area contributed by atoms with Gasteiger partial charge in [-0.05, 0) is 43.0 Å². The molecule has 2 aliphatic rings. The number of benzene rings is 2. The van der Waals surface area contributed by atoms with Crippen LogP contribution in [0, 0.1) is 0 Å². The molecule has 4 rings (SSSR count). The molecule has 0 unspecified atom stereocenters. The summed E-state index contributed by atoms with van der Waals surface area (Å²) in [7, 11) is 0. The van der Waals surface area contributed by atoms with E-state index in [0.717, 1.165) is 6.42 Å². The molecular weight excluding hydrogens is 539 g/mol. The van der Waals surface area contributed by atoms with Crippen LogP contribution in [-0.2, 0) is 14.4 Å². The molecule has 0 radical (unpaired) electrons. The van der Waals surface area contributed by atoms with Gasteiger partial charge in [0.15, 0.2) is 0 Å². The predicted octanol–water partition coefficient (Wildman–Crippen LogP) is 4.02. The van der Waals surface area contributed by atoms with Gasteiger partial charge in [-0.3, -0.25) is 24.1 Å². The molecule has 2 aromatic carbocycles. The smallest absolute Gasteiger partial charge is 0.251 e. The van der Waals surface area contributed by atoms with Crippen molar-refractivity contribution in [1.82, 2.24) is 20.4 Å². The molecule has 208 valence electrons.